The number of rotatable bonds is 8. The number of pyridine rings is 1. The molecule has 0 aliphatic carbocycles. The van der Waals surface area contributed by atoms with Crippen molar-refractivity contribution >= 4 is 16.6 Å². The first-order valence-corrected chi connectivity index (χ1v) is 7.36. The van der Waals surface area contributed by atoms with Gasteiger partial charge < -0.3 is 10.2 Å². The van der Waals surface area contributed by atoms with Gasteiger partial charge in [-0.2, -0.15) is 0 Å². The monoisotopic (exact) mass is 281 g/mol. The number of hydrogen-bond donors (Lipinski definition) is 1. The Labute approximate surface area is 127 Å². The van der Waals surface area contributed by atoms with Crippen LogP contribution >= 0.6 is 0 Å². The van der Waals surface area contributed by atoms with E-state index in [1.807, 2.05) is 18.2 Å². The van der Waals surface area contributed by atoms with Crippen molar-refractivity contribution in [3.8, 4) is 0 Å². The van der Waals surface area contributed by atoms with E-state index in [1.54, 1.807) is 0 Å². The molecule has 1 heterocycles. The van der Waals surface area contributed by atoms with Crippen LogP contribution in [0.5, 0.6) is 0 Å². The minimum Gasteiger partial charge on any atom is -0.364 e. The lowest BCUT2D eigenvalue weighted by atomic mass is 10.1. The molecule has 0 radical (unpaired) electrons. The average Bonchev–Trinajstić information content (AvgIpc) is 2.52. The molecule has 2 aromatic rings. The van der Waals surface area contributed by atoms with Gasteiger partial charge in [-0.25, -0.2) is 0 Å². The quantitative estimate of drug-likeness (QED) is 0.750. The third-order valence-electron chi connectivity index (χ3n) is 3.34. The molecule has 2 rings (SSSR count). The molecule has 1 aromatic carbocycles. The van der Waals surface area contributed by atoms with Crippen LogP contribution in [0.25, 0.3) is 10.9 Å². The van der Waals surface area contributed by atoms with Crippen LogP contribution in [0.1, 0.15) is 12.6 Å². The lowest BCUT2D eigenvalue weighted by Crippen LogP contribution is -2.24. The summed E-state index contributed by atoms with van der Waals surface area (Å²) in [4.78, 5) is 7.00. The molecular formula is C18H23N3. The Morgan fingerprint density at radius 3 is 2.57 bits per heavy atom. The van der Waals surface area contributed by atoms with Crippen molar-refractivity contribution < 1.29 is 0 Å². The zero-order valence-corrected chi connectivity index (χ0v) is 12.7. The van der Waals surface area contributed by atoms with E-state index in [1.165, 1.54) is 11.1 Å². The van der Waals surface area contributed by atoms with Gasteiger partial charge in [0.25, 0.3) is 0 Å². The number of aromatic nitrogens is 1. The molecule has 0 saturated carbocycles. The normalized spacial score (nSPS) is 10.5. The second kappa shape index (κ2) is 7.60. The zero-order chi connectivity index (χ0) is 15.1. The van der Waals surface area contributed by atoms with Gasteiger partial charge in [0, 0.05) is 30.7 Å². The van der Waals surface area contributed by atoms with Crippen molar-refractivity contribution in [3.05, 3.63) is 61.3 Å². The fourth-order valence-electron chi connectivity index (χ4n) is 2.40. The SMILES string of the molecule is C=CCN(CC=C)c1cc(CNCC)nc2ccccc12. The molecule has 3 nitrogen and oxygen atoms in total. The highest BCUT2D eigenvalue weighted by atomic mass is 15.1. The van der Waals surface area contributed by atoms with Crippen molar-refractivity contribution in [2.24, 2.45) is 0 Å². The summed E-state index contributed by atoms with van der Waals surface area (Å²) in [6, 6.07) is 10.4. The van der Waals surface area contributed by atoms with Gasteiger partial charge in [0.05, 0.1) is 11.2 Å². The number of para-hydroxylation sites is 1. The topological polar surface area (TPSA) is 28.2 Å². The number of hydrogen-bond acceptors (Lipinski definition) is 3. The first-order valence-electron chi connectivity index (χ1n) is 7.36. The predicted octanol–water partition coefficient (Wildman–Crippen LogP) is 3.52. The Bertz CT molecular complexity index is 609. The molecule has 21 heavy (non-hydrogen) atoms. The fourth-order valence-corrected chi connectivity index (χ4v) is 2.40. The molecule has 0 aliphatic rings. The van der Waals surface area contributed by atoms with E-state index in [2.05, 4.69) is 54.6 Å². The van der Waals surface area contributed by atoms with Crippen LogP contribution in [-0.4, -0.2) is 24.6 Å². The highest BCUT2D eigenvalue weighted by Crippen LogP contribution is 2.26. The second-order valence-corrected chi connectivity index (χ2v) is 4.91. The van der Waals surface area contributed by atoms with Crippen molar-refractivity contribution in [2.45, 2.75) is 13.5 Å². The van der Waals surface area contributed by atoms with Gasteiger partial charge in [0.2, 0.25) is 0 Å². The molecule has 3 heteroatoms. The van der Waals surface area contributed by atoms with Crippen LogP contribution in [0, 0.1) is 0 Å². The van der Waals surface area contributed by atoms with E-state index >= 15 is 0 Å². The number of benzene rings is 1. The smallest absolute Gasteiger partial charge is 0.0726 e. The maximum Gasteiger partial charge on any atom is 0.0726 e. The minimum atomic E-state index is 0.782. The van der Waals surface area contributed by atoms with Crippen molar-refractivity contribution in [1.82, 2.24) is 10.3 Å². The highest BCUT2D eigenvalue weighted by Gasteiger charge is 2.10. The van der Waals surface area contributed by atoms with E-state index < -0.39 is 0 Å². The molecule has 0 fully saturated rings. The van der Waals surface area contributed by atoms with Crippen LogP contribution in [0.15, 0.2) is 55.6 Å². The maximum atomic E-state index is 4.74. The number of nitrogens with zero attached hydrogens (tertiary/aromatic N) is 2. The highest BCUT2D eigenvalue weighted by molar-refractivity contribution is 5.92. The second-order valence-electron chi connectivity index (χ2n) is 4.91. The summed E-state index contributed by atoms with van der Waals surface area (Å²) in [5.41, 5.74) is 3.28. The van der Waals surface area contributed by atoms with Gasteiger partial charge in [-0.05, 0) is 18.7 Å². The van der Waals surface area contributed by atoms with E-state index in [0.29, 0.717) is 0 Å². The molecule has 110 valence electrons. The summed E-state index contributed by atoms with van der Waals surface area (Å²) in [5, 5.41) is 4.51. The average molecular weight is 281 g/mol. The molecule has 1 N–H and O–H groups in total. The largest absolute Gasteiger partial charge is 0.364 e. The van der Waals surface area contributed by atoms with E-state index in [-0.39, 0.29) is 0 Å². The molecule has 0 aliphatic heterocycles. The van der Waals surface area contributed by atoms with Crippen molar-refractivity contribution in [2.75, 3.05) is 24.5 Å². The Morgan fingerprint density at radius 1 is 1.19 bits per heavy atom. The molecule has 0 spiro atoms. The number of nitrogens with one attached hydrogen (secondary N) is 1. The lowest BCUT2D eigenvalue weighted by Gasteiger charge is -2.24. The van der Waals surface area contributed by atoms with Gasteiger partial charge in [-0.15, -0.1) is 13.2 Å². The summed E-state index contributed by atoms with van der Waals surface area (Å²) < 4.78 is 0. The summed E-state index contributed by atoms with van der Waals surface area (Å²) in [6.45, 7) is 13.1. The fraction of sp³-hybridized carbons (Fsp3) is 0.278. The molecule has 0 amide bonds. The number of fused-ring (bicyclic) bond motifs is 1. The summed E-state index contributed by atoms with van der Waals surface area (Å²) in [7, 11) is 0. The predicted molar refractivity (Wildman–Crippen MR) is 91.7 cm³/mol. The van der Waals surface area contributed by atoms with Gasteiger partial charge in [-0.1, -0.05) is 37.3 Å². The molecule has 0 unspecified atom stereocenters. The Hall–Kier alpha value is -2.13. The van der Waals surface area contributed by atoms with Crippen LogP contribution in [-0.2, 0) is 6.54 Å². The Kier molecular flexibility index (Phi) is 5.52. The standard InChI is InChI=1S/C18H23N3/c1-4-11-21(12-5-2)18-13-15(14-19-6-3)20-17-10-8-7-9-16(17)18/h4-5,7-10,13,19H,1-2,6,11-12,14H2,3H3. The molecule has 0 saturated heterocycles. The molecule has 0 atom stereocenters. The molecular weight excluding hydrogens is 258 g/mol. The Morgan fingerprint density at radius 2 is 1.90 bits per heavy atom. The minimum absolute atomic E-state index is 0.782. The van der Waals surface area contributed by atoms with Crippen LogP contribution in [0.2, 0.25) is 0 Å². The summed E-state index contributed by atoms with van der Waals surface area (Å²) >= 11 is 0. The third-order valence-corrected chi connectivity index (χ3v) is 3.34. The Balaban J connectivity index is 2.51. The summed E-state index contributed by atoms with van der Waals surface area (Å²) in [5.74, 6) is 0. The molecule has 1 aromatic heterocycles. The van der Waals surface area contributed by atoms with E-state index in [4.69, 9.17) is 4.98 Å². The van der Waals surface area contributed by atoms with Crippen molar-refractivity contribution in [1.29, 1.82) is 0 Å². The van der Waals surface area contributed by atoms with Gasteiger partial charge in [0.15, 0.2) is 0 Å². The third kappa shape index (κ3) is 3.70. The maximum absolute atomic E-state index is 4.74. The van der Waals surface area contributed by atoms with E-state index in [9.17, 15) is 0 Å². The van der Waals surface area contributed by atoms with Gasteiger partial charge >= 0.3 is 0 Å². The van der Waals surface area contributed by atoms with Crippen LogP contribution in [0.4, 0.5) is 5.69 Å². The summed E-state index contributed by atoms with van der Waals surface area (Å²) in [6.07, 6.45) is 3.84. The van der Waals surface area contributed by atoms with Gasteiger partial charge in [-0.3, -0.25) is 4.98 Å². The first kappa shape index (κ1) is 15.3. The van der Waals surface area contributed by atoms with Gasteiger partial charge in [0.1, 0.15) is 0 Å². The van der Waals surface area contributed by atoms with E-state index in [0.717, 1.165) is 37.4 Å². The lowest BCUT2D eigenvalue weighted by molar-refractivity contribution is 0.712. The van der Waals surface area contributed by atoms with Crippen LogP contribution in [0.3, 0.4) is 0 Å². The van der Waals surface area contributed by atoms with Crippen molar-refractivity contribution in [3.63, 3.8) is 0 Å². The number of anilines is 1. The van der Waals surface area contributed by atoms with Crippen LogP contribution < -0.4 is 10.2 Å². The zero-order valence-electron chi connectivity index (χ0n) is 12.7. The first-order chi connectivity index (χ1) is 10.3. The molecule has 0 bridgehead atoms.